The first kappa shape index (κ1) is 14.6. The second kappa shape index (κ2) is 6.59. The smallest absolute Gasteiger partial charge is 0.129 e. The lowest BCUT2D eigenvalue weighted by Gasteiger charge is -2.13. The monoisotopic (exact) mass is 277 g/mol. The molecular formula is C16H17F2NO. The van der Waals surface area contributed by atoms with Crippen LogP contribution in [-0.4, -0.2) is 11.7 Å². The molecule has 2 aromatic rings. The van der Waals surface area contributed by atoms with E-state index in [-0.39, 0.29) is 17.9 Å². The van der Waals surface area contributed by atoms with Gasteiger partial charge in [0.05, 0.1) is 6.10 Å². The second-order valence-corrected chi connectivity index (χ2v) is 4.76. The van der Waals surface area contributed by atoms with Gasteiger partial charge in [-0.25, -0.2) is 8.78 Å². The summed E-state index contributed by atoms with van der Waals surface area (Å²) in [6.45, 7) is 2.34. The molecule has 2 nitrogen and oxygen atoms in total. The third kappa shape index (κ3) is 3.62. The van der Waals surface area contributed by atoms with E-state index in [0.29, 0.717) is 12.1 Å². The highest BCUT2D eigenvalue weighted by Crippen LogP contribution is 2.16. The van der Waals surface area contributed by atoms with Crippen LogP contribution in [-0.2, 0) is 6.54 Å². The van der Waals surface area contributed by atoms with E-state index in [1.54, 1.807) is 24.3 Å². The number of nitrogens with one attached hydrogen (secondary N) is 1. The SMILES string of the molecule is Cc1ccc(F)c(CNCC(O)c2ccccc2F)c1. The van der Waals surface area contributed by atoms with Crippen molar-refractivity contribution in [2.45, 2.75) is 19.6 Å². The van der Waals surface area contributed by atoms with Crippen molar-refractivity contribution in [2.24, 2.45) is 0 Å². The van der Waals surface area contributed by atoms with Crippen molar-refractivity contribution in [3.63, 3.8) is 0 Å². The van der Waals surface area contributed by atoms with Crippen LogP contribution in [0, 0.1) is 18.6 Å². The molecule has 0 radical (unpaired) electrons. The number of rotatable bonds is 5. The second-order valence-electron chi connectivity index (χ2n) is 4.76. The van der Waals surface area contributed by atoms with Crippen LogP contribution in [0.3, 0.4) is 0 Å². The summed E-state index contributed by atoms with van der Waals surface area (Å²) in [7, 11) is 0. The molecule has 20 heavy (non-hydrogen) atoms. The Labute approximate surface area is 117 Å². The number of hydrogen-bond donors (Lipinski definition) is 2. The van der Waals surface area contributed by atoms with Gasteiger partial charge in [0.15, 0.2) is 0 Å². The maximum Gasteiger partial charge on any atom is 0.129 e. The molecule has 106 valence electrons. The van der Waals surface area contributed by atoms with Crippen molar-refractivity contribution >= 4 is 0 Å². The third-order valence-electron chi connectivity index (χ3n) is 3.12. The molecule has 0 fully saturated rings. The van der Waals surface area contributed by atoms with Gasteiger partial charge in [-0.05, 0) is 19.1 Å². The van der Waals surface area contributed by atoms with Crippen molar-refractivity contribution in [1.29, 1.82) is 0 Å². The Bertz CT molecular complexity index is 586. The molecule has 0 aliphatic rings. The zero-order chi connectivity index (χ0) is 14.5. The zero-order valence-corrected chi connectivity index (χ0v) is 11.2. The summed E-state index contributed by atoms with van der Waals surface area (Å²) < 4.78 is 27.0. The normalized spacial score (nSPS) is 12.4. The molecule has 2 rings (SSSR count). The molecule has 1 atom stereocenters. The van der Waals surface area contributed by atoms with Gasteiger partial charge in [0, 0.05) is 24.2 Å². The fourth-order valence-electron chi connectivity index (χ4n) is 2.04. The fraction of sp³-hybridized carbons (Fsp3) is 0.250. The van der Waals surface area contributed by atoms with Crippen LogP contribution in [0.5, 0.6) is 0 Å². The highest BCUT2D eigenvalue weighted by molar-refractivity contribution is 5.24. The quantitative estimate of drug-likeness (QED) is 0.880. The maximum absolute atomic E-state index is 13.5. The predicted molar refractivity (Wildman–Crippen MR) is 74.2 cm³/mol. The molecule has 0 saturated heterocycles. The average Bonchev–Trinajstić information content (AvgIpc) is 2.43. The average molecular weight is 277 g/mol. The van der Waals surface area contributed by atoms with Gasteiger partial charge in [-0.2, -0.15) is 0 Å². The Kier molecular flexibility index (Phi) is 4.82. The van der Waals surface area contributed by atoms with E-state index in [1.807, 2.05) is 6.92 Å². The molecular weight excluding hydrogens is 260 g/mol. The molecule has 0 spiro atoms. The van der Waals surface area contributed by atoms with E-state index in [0.717, 1.165) is 5.56 Å². The largest absolute Gasteiger partial charge is 0.387 e. The fourth-order valence-corrected chi connectivity index (χ4v) is 2.04. The summed E-state index contributed by atoms with van der Waals surface area (Å²) in [5.74, 6) is -0.730. The van der Waals surface area contributed by atoms with Gasteiger partial charge in [-0.3, -0.25) is 0 Å². The van der Waals surface area contributed by atoms with Gasteiger partial charge in [-0.1, -0.05) is 35.9 Å². The zero-order valence-electron chi connectivity index (χ0n) is 11.2. The van der Waals surface area contributed by atoms with E-state index in [1.165, 1.54) is 18.2 Å². The highest BCUT2D eigenvalue weighted by atomic mass is 19.1. The maximum atomic E-state index is 13.5. The van der Waals surface area contributed by atoms with E-state index in [2.05, 4.69) is 5.32 Å². The molecule has 0 aliphatic carbocycles. The Morgan fingerprint density at radius 2 is 1.85 bits per heavy atom. The van der Waals surface area contributed by atoms with E-state index in [9.17, 15) is 13.9 Å². The van der Waals surface area contributed by atoms with Gasteiger partial charge in [-0.15, -0.1) is 0 Å². The van der Waals surface area contributed by atoms with E-state index in [4.69, 9.17) is 0 Å². The molecule has 2 aromatic carbocycles. The summed E-state index contributed by atoms with van der Waals surface area (Å²) >= 11 is 0. The number of halogens is 2. The minimum Gasteiger partial charge on any atom is -0.387 e. The van der Waals surface area contributed by atoms with Crippen molar-refractivity contribution in [1.82, 2.24) is 5.32 Å². The van der Waals surface area contributed by atoms with Crippen molar-refractivity contribution in [3.05, 3.63) is 70.8 Å². The van der Waals surface area contributed by atoms with Crippen molar-refractivity contribution in [2.75, 3.05) is 6.54 Å². The molecule has 1 unspecified atom stereocenters. The lowest BCUT2D eigenvalue weighted by Crippen LogP contribution is -2.22. The standard InChI is InChI=1S/C16H17F2NO/c1-11-6-7-14(17)12(8-11)9-19-10-16(20)13-4-2-3-5-15(13)18/h2-8,16,19-20H,9-10H2,1H3. The summed E-state index contributed by atoms with van der Waals surface area (Å²) in [4.78, 5) is 0. The molecule has 2 N–H and O–H groups in total. The Hall–Kier alpha value is -1.78. The van der Waals surface area contributed by atoms with Crippen LogP contribution in [0.15, 0.2) is 42.5 Å². The molecule has 0 saturated carbocycles. The van der Waals surface area contributed by atoms with Crippen LogP contribution in [0.2, 0.25) is 0 Å². The topological polar surface area (TPSA) is 32.3 Å². The van der Waals surface area contributed by atoms with Crippen molar-refractivity contribution in [3.8, 4) is 0 Å². The summed E-state index contributed by atoms with van der Waals surface area (Å²) in [6.07, 6.45) is -0.955. The first-order valence-corrected chi connectivity index (χ1v) is 6.46. The Balaban J connectivity index is 1.93. The summed E-state index contributed by atoms with van der Waals surface area (Å²) in [5.41, 5.74) is 1.74. The van der Waals surface area contributed by atoms with Crippen LogP contribution < -0.4 is 5.32 Å². The number of benzene rings is 2. The number of aryl methyl sites for hydroxylation is 1. The van der Waals surface area contributed by atoms with Gasteiger partial charge in [0.25, 0.3) is 0 Å². The lowest BCUT2D eigenvalue weighted by molar-refractivity contribution is 0.169. The first-order valence-electron chi connectivity index (χ1n) is 6.46. The summed E-state index contributed by atoms with van der Waals surface area (Å²) in [6, 6.07) is 10.9. The minimum atomic E-state index is -0.955. The molecule has 4 heteroatoms. The molecule has 0 aliphatic heterocycles. The van der Waals surface area contributed by atoms with Gasteiger partial charge in [0.2, 0.25) is 0 Å². The van der Waals surface area contributed by atoms with Gasteiger partial charge >= 0.3 is 0 Å². The van der Waals surface area contributed by atoms with Gasteiger partial charge < -0.3 is 10.4 Å². The number of aliphatic hydroxyl groups excluding tert-OH is 1. The third-order valence-corrected chi connectivity index (χ3v) is 3.12. The van der Waals surface area contributed by atoms with Crippen LogP contribution in [0.25, 0.3) is 0 Å². The van der Waals surface area contributed by atoms with E-state index >= 15 is 0 Å². The first-order chi connectivity index (χ1) is 9.58. The molecule has 0 aromatic heterocycles. The number of hydrogen-bond acceptors (Lipinski definition) is 2. The molecule has 0 heterocycles. The van der Waals surface area contributed by atoms with Crippen molar-refractivity contribution < 1.29 is 13.9 Å². The van der Waals surface area contributed by atoms with Crippen LogP contribution >= 0.6 is 0 Å². The van der Waals surface area contributed by atoms with Crippen LogP contribution in [0.1, 0.15) is 22.8 Å². The molecule has 0 bridgehead atoms. The predicted octanol–water partition coefficient (Wildman–Crippen LogP) is 3.10. The van der Waals surface area contributed by atoms with Gasteiger partial charge in [0.1, 0.15) is 11.6 Å². The highest BCUT2D eigenvalue weighted by Gasteiger charge is 2.12. The number of aliphatic hydroxyl groups is 1. The van der Waals surface area contributed by atoms with E-state index < -0.39 is 11.9 Å². The van der Waals surface area contributed by atoms with Crippen LogP contribution in [0.4, 0.5) is 8.78 Å². The summed E-state index contributed by atoms with van der Waals surface area (Å²) in [5, 5.41) is 12.8. The minimum absolute atomic E-state index is 0.161. The Morgan fingerprint density at radius 3 is 2.60 bits per heavy atom. The lowest BCUT2D eigenvalue weighted by atomic mass is 10.1. The Morgan fingerprint density at radius 1 is 1.10 bits per heavy atom. The molecule has 0 amide bonds.